The summed E-state index contributed by atoms with van der Waals surface area (Å²) >= 11 is 6.77. The predicted octanol–water partition coefficient (Wildman–Crippen LogP) is 2.25. The van der Waals surface area contributed by atoms with E-state index in [4.69, 9.17) is 30.2 Å². The Kier molecular flexibility index (Phi) is 4.05. The molecule has 6 nitrogen and oxygen atoms in total. The van der Waals surface area contributed by atoms with Crippen LogP contribution in [0.25, 0.3) is 0 Å². The molecule has 6 atom stereocenters. The number of hydrogen-bond acceptors (Lipinski definition) is 6. The number of alkyl halides is 1. The Bertz CT molecular complexity index is 522. The summed E-state index contributed by atoms with van der Waals surface area (Å²) in [6.45, 7) is 12.9. The summed E-state index contributed by atoms with van der Waals surface area (Å²) in [6.07, 6.45) is -2.15. The van der Waals surface area contributed by atoms with E-state index < -0.39 is 31.7 Å². The van der Waals surface area contributed by atoms with Gasteiger partial charge in [0.2, 0.25) is 0 Å². The third kappa shape index (κ3) is 2.52. The van der Waals surface area contributed by atoms with Crippen LogP contribution in [-0.4, -0.2) is 61.6 Å². The summed E-state index contributed by atoms with van der Waals surface area (Å²) in [5, 5.41) is 9.38. The van der Waals surface area contributed by atoms with Gasteiger partial charge in [-0.2, -0.15) is 0 Å². The SMILES string of the molecule is CCOC1=N[C@H]2[C@H]3O[C@@H]([C@H]2O1)[C@@](Cl)(O[Si](C)(C)C(C)(C)C)[C@@H]3O. The molecule has 0 aromatic heterocycles. The third-order valence-electron chi connectivity index (χ3n) is 5.35. The lowest BCUT2D eigenvalue weighted by Crippen LogP contribution is -2.62. The number of aliphatic hydroxyl groups is 1. The summed E-state index contributed by atoms with van der Waals surface area (Å²) in [4.78, 5) is 4.37. The Morgan fingerprint density at radius 2 is 2.00 bits per heavy atom. The largest absolute Gasteiger partial charge is 0.451 e. The number of halogens is 1. The molecule has 2 fully saturated rings. The Morgan fingerprint density at radius 1 is 1.35 bits per heavy atom. The van der Waals surface area contributed by atoms with E-state index in [1.807, 2.05) is 6.92 Å². The highest BCUT2D eigenvalue weighted by Gasteiger charge is 2.72. The maximum atomic E-state index is 10.7. The molecule has 3 rings (SSSR count). The zero-order chi connectivity index (χ0) is 17.2. The first-order valence-corrected chi connectivity index (χ1v) is 11.4. The molecule has 0 radical (unpaired) electrons. The molecule has 0 spiro atoms. The van der Waals surface area contributed by atoms with Crippen LogP contribution in [-0.2, 0) is 18.6 Å². The van der Waals surface area contributed by atoms with Gasteiger partial charge in [-0.1, -0.05) is 32.4 Å². The summed E-state index contributed by atoms with van der Waals surface area (Å²) in [6, 6.07) is -0.286. The number of nitrogens with zero attached hydrogens (tertiary/aromatic N) is 1. The fourth-order valence-corrected chi connectivity index (χ4v) is 5.27. The maximum absolute atomic E-state index is 10.7. The van der Waals surface area contributed by atoms with Crippen molar-refractivity contribution in [2.24, 2.45) is 4.99 Å². The van der Waals surface area contributed by atoms with E-state index in [0.717, 1.165) is 0 Å². The first kappa shape index (κ1) is 17.5. The Balaban J connectivity index is 1.82. The summed E-state index contributed by atoms with van der Waals surface area (Å²) in [5.41, 5.74) is 0. The van der Waals surface area contributed by atoms with Crippen molar-refractivity contribution in [1.29, 1.82) is 0 Å². The van der Waals surface area contributed by atoms with Gasteiger partial charge in [-0.15, -0.1) is 0 Å². The van der Waals surface area contributed by atoms with Crippen molar-refractivity contribution >= 4 is 26.0 Å². The molecule has 2 bridgehead atoms. The van der Waals surface area contributed by atoms with Crippen molar-refractivity contribution in [2.45, 2.75) is 81.3 Å². The molecule has 3 heterocycles. The van der Waals surface area contributed by atoms with Gasteiger partial charge in [0.15, 0.2) is 19.5 Å². The molecular formula is C15H26ClNO5Si. The number of hydrogen-bond donors (Lipinski definition) is 1. The van der Waals surface area contributed by atoms with Crippen molar-refractivity contribution in [2.75, 3.05) is 6.61 Å². The van der Waals surface area contributed by atoms with Crippen molar-refractivity contribution in [3.05, 3.63) is 0 Å². The van der Waals surface area contributed by atoms with Gasteiger partial charge < -0.3 is 23.7 Å². The summed E-state index contributed by atoms with van der Waals surface area (Å²) < 4.78 is 23.3. The van der Waals surface area contributed by atoms with Crippen molar-refractivity contribution in [1.82, 2.24) is 0 Å². The van der Waals surface area contributed by atoms with E-state index in [0.29, 0.717) is 6.61 Å². The highest BCUT2D eigenvalue weighted by molar-refractivity contribution is 6.74. The van der Waals surface area contributed by atoms with Crippen LogP contribution in [0.3, 0.4) is 0 Å². The summed E-state index contributed by atoms with van der Waals surface area (Å²) in [7, 11) is -2.19. The number of fused-ring (bicyclic) bond motifs is 5. The van der Waals surface area contributed by atoms with E-state index in [2.05, 4.69) is 38.9 Å². The normalized spacial score (nSPS) is 42.4. The minimum atomic E-state index is -2.19. The van der Waals surface area contributed by atoms with Crippen LogP contribution < -0.4 is 0 Å². The lowest BCUT2D eigenvalue weighted by molar-refractivity contribution is -0.0532. The molecule has 2 saturated heterocycles. The van der Waals surface area contributed by atoms with Crippen molar-refractivity contribution in [3.8, 4) is 0 Å². The summed E-state index contributed by atoms with van der Waals surface area (Å²) in [5.74, 6) is 0. The van der Waals surface area contributed by atoms with Gasteiger partial charge in [0.1, 0.15) is 24.4 Å². The van der Waals surface area contributed by atoms with Crippen molar-refractivity contribution < 1.29 is 23.7 Å². The van der Waals surface area contributed by atoms with E-state index in [9.17, 15) is 5.11 Å². The average Bonchev–Trinajstić information content (AvgIpc) is 3.00. The minimum absolute atomic E-state index is 0.0284. The van der Waals surface area contributed by atoms with Gasteiger partial charge in [0.05, 0.1) is 6.61 Å². The van der Waals surface area contributed by atoms with Crippen LogP contribution >= 0.6 is 11.6 Å². The van der Waals surface area contributed by atoms with Crippen LogP contribution in [0.1, 0.15) is 27.7 Å². The van der Waals surface area contributed by atoms with Crippen LogP contribution in [0.2, 0.25) is 18.1 Å². The zero-order valence-corrected chi connectivity index (χ0v) is 16.3. The lowest BCUT2D eigenvalue weighted by Gasteiger charge is -2.46. The van der Waals surface area contributed by atoms with E-state index in [1.54, 1.807) is 0 Å². The monoisotopic (exact) mass is 363 g/mol. The van der Waals surface area contributed by atoms with Crippen LogP contribution in [0.4, 0.5) is 0 Å². The maximum Gasteiger partial charge on any atom is 0.384 e. The van der Waals surface area contributed by atoms with Gasteiger partial charge >= 0.3 is 6.08 Å². The van der Waals surface area contributed by atoms with E-state index >= 15 is 0 Å². The predicted molar refractivity (Wildman–Crippen MR) is 89.3 cm³/mol. The molecule has 0 aromatic rings. The first-order valence-electron chi connectivity index (χ1n) is 8.11. The molecule has 3 aliphatic rings. The van der Waals surface area contributed by atoms with Gasteiger partial charge in [0, 0.05) is 0 Å². The van der Waals surface area contributed by atoms with Crippen LogP contribution in [0, 0.1) is 0 Å². The second kappa shape index (κ2) is 5.33. The van der Waals surface area contributed by atoms with Gasteiger partial charge in [-0.05, 0) is 25.1 Å². The van der Waals surface area contributed by atoms with E-state index in [-0.39, 0.29) is 23.3 Å². The molecule has 8 heteroatoms. The smallest absolute Gasteiger partial charge is 0.384 e. The molecule has 0 aromatic carbocycles. The third-order valence-corrected chi connectivity index (χ3v) is 10.5. The minimum Gasteiger partial charge on any atom is -0.451 e. The van der Waals surface area contributed by atoms with Gasteiger partial charge in [-0.25, -0.2) is 4.99 Å². The van der Waals surface area contributed by atoms with Gasteiger partial charge in [0.25, 0.3) is 0 Å². The molecular weight excluding hydrogens is 338 g/mol. The Morgan fingerprint density at radius 3 is 2.57 bits per heavy atom. The molecule has 0 amide bonds. The molecule has 0 saturated carbocycles. The molecule has 23 heavy (non-hydrogen) atoms. The van der Waals surface area contributed by atoms with Crippen LogP contribution in [0.5, 0.6) is 0 Å². The standard InChI is InChI=1S/C15H26ClNO5Si/c1-7-19-13-17-8-9-11(18)15(16,12(20-9)10(8)21-13)22-23(5,6)14(2,3)4/h8-12,18H,7H2,1-6H3/t8-,9+,10-,11+,12-,15-/m0/s1. The zero-order valence-electron chi connectivity index (χ0n) is 14.5. The van der Waals surface area contributed by atoms with E-state index in [1.165, 1.54) is 0 Å². The molecule has 3 aliphatic heterocycles. The van der Waals surface area contributed by atoms with Crippen molar-refractivity contribution in [3.63, 3.8) is 0 Å². The second-order valence-corrected chi connectivity index (χ2v) is 13.2. The Hall–Kier alpha value is -0.343. The quantitative estimate of drug-likeness (QED) is 0.615. The number of aliphatic hydroxyl groups excluding tert-OH is 1. The highest BCUT2D eigenvalue weighted by Crippen LogP contribution is 2.53. The lowest BCUT2D eigenvalue weighted by atomic mass is 9.88. The first-order chi connectivity index (χ1) is 10.5. The van der Waals surface area contributed by atoms with Crippen LogP contribution in [0.15, 0.2) is 4.99 Å². The fraction of sp³-hybridized carbons (Fsp3) is 0.933. The number of aliphatic imine (C=N–C) groups is 1. The highest BCUT2D eigenvalue weighted by atomic mass is 35.5. The topological polar surface area (TPSA) is 69.5 Å². The molecule has 1 N–H and O–H groups in total. The fourth-order valence-electron chi connectivity index (χ4n) is 3.07. The van der Waals surface area contributed by atoms with Gasteiger partial charge in [-0.3, -0.25) is 0 Å². The average molecular weight is 364 g/mol. The molecule has 0 unspecified atom stereocenters. The molecule has 0 aliphatic carbocycles. The number of ether oxygens (including phenoxy) is 3. The number of rotatable bonds is 3. The Labute approximate surface area is 143 Å². The second-order valence-electron chi connectivity index (χ2n) is 7.93. The molecule has 132 valence electrons.